The first kappa shape index (κ1) is 21.1. The van der Waals surface area contributed by atoms with Crippen LogP contribution in [0, 0.1) is 5.82 Å². The number of hydrogen-bond donors (Lipinski definition) is 1. The van der Waals surface area contributed by atoms with E-state index in [1.807, 2.05) is 24.3 Å². The molecular weight excluding hydrogens is 363 g/mol. The molecule has 0 bridgehead atoms. The Morgan fingerprint density at radius 1 is 1.11 bits per heavy atom. The summed E-state index contributed by atoms with van der Waals surface area (Å²) in [6.07, 6.45) is 0. The third-order valence-electron chi connectivity index (χ3n) is 4.21. The fourth-order valence-electron chi connectivity index (χ4n) is 2.63. The van der Waals surface area contributed by atoms with Gasteiger partial charge in [0.2, 0.25) is 5.91 Å². The number of halogens is 1. The van der Waals surface area contributed by atoms with Crippen molar-refractivity contribution in [1.29, 1.82) is 0 Å². The van der Waals surface area contributed by atoms with E-state index in [0.717, 1.165) is 42.6 Å². The van der Waals surface area contributed by atoms with E-state index in [4.69, 9.17) is 0 Å². The number of carbonyl (C=O) groups is 2. The van der Waals surface area contributed by atoms with Gasteiger partial charge in [-0.25, -0.2) is 4.39 Å². The summed E-state index contributed by atoms with van der Waals surface area (Å²) in [6.45, 7) is 8.40. The third kappa shape index (κ3) is 6.48. The molecule has 0 spiro atoms. The van der Waals surface area contributed by atoms with Crippen LogP contribution in [0.2, 0.25) is 0 Å². The van der Waals surface area contributed by atoms with Gasteiger partial charge in [-0.2, -0.15) is 0 Å². The Kier molecular flexibility index (Phi) is 8.00. The third-order valence-corrected chi connectivity index (χ3v) is 5.26. The van der Waals surface area contributed by atoms with E-state index in [1.165, 1.54) is 19.1 Å². The molecule has 6 heteroatoms. The summed E-state index contributed by atoms with van der Waals surface area (Å²) in [7, 11) is 0. The van der Waals surface area contributed by atoms with Crippen LogP contribution in [0.3, 0.4) is 0 Å². The van der Waals surface area contributed by atoms with Crippen molar-refractivity contribution in [3.05, 3.63) is 59.4 Å². The van der Waals surface area contributed by atoms with Gasteiger partial charge in [0.25, 0.3) is 0 Å². The Hall–Kier alpha value is -2.18. The summed E-state index contributed by atoms with van der Waals surface area (Å²) >= 11 is 1.11. The molecule has 0 aliphatic rings. The lowest BCUT2D eigenvalue weighted by molar-refractivity contribution is -0.113. The van der Waals surface area contributed by atoms with E-state index in [1.54, 1.807) is 6.07 Å². The highest BCUT2D eigenvalue weighted by molar-refractivity contribution is 8.00. The first-order valence-corrected chi connectivity index (χ1v) is 9.96. The van der Waals surface area contributed by atoms with Crippen LogP contribution in [-0.4, -0.2) is 35.4 Å². The number of carbonyl (C=O) groups excluding carboxylic acids is 2. The summed E-state index contributed by atoms with van der Waals surface area (Å²) in [5.41, 5.74) is 2.19. The second-order valence-electron chi connectivity index (χ2n) is 6.20. The van der Waals surface area contributed by atoms with Crippen LogP contribution in [0.25, 0.3) is 0 Å². The molecule has 0 unspecified atom stereocenters. The van der Waals surface area contributed by atoms with Crippen molar-refractivity contribution in [2.24, 2.45) is 0 Å². The van der Waals surface area contributed by atoms with Gasteiger partial charge in [-0.05, 0) is 49.8 Å². The van der Waals surface area contributed by atoms with E-state index >= 15 is 0 Å². The van der Waals surface area contributed by atoms with Crippen LogP contribution in [0.4, 0.5) is 10.1 Å². The Labute approximate surface area is 164 Å². The molecule has 0 radical (unpaired) electrons. The lowest BCUT2D eigenvalue weighted by atomic mass is 10.1. The van der Waals surface area contributed by atoms with Crippen molar-refractivity contribution >= 4 is 29.1 Å². The highest BCUT2D eigenvalue weighted by Crippen LogP contribution is 2.23. The number of amides is 1. The van der Waals surface area contributed by atoms with Gasteiger partial charge in [-0.15, -0.1) is 11.8 Å². The van der Waals surface area contributed by atoms with Crippen molar-refractivity contribution in [2.75, 3.05) is 24.2 Å². The minimum Gasteiger partial charge on any atom is -0.325 e. The quantitative estimate of drug-likeness (QED) is 0.504. The first-order valence-electron chi connectivity index (χ1n) is 8.97. The van der Waals surface area contributed by atoms with E-state index < -0.39 is 5.82 Å². The molecule has 2 aromatic rings. The summed E-state index contributed by atoms with van der Waals surface area (Å²) in [4.78, 5) is 26.1. The molecule has 144 valence electrons. The van der Waals surface area contributed by atoms with Gasteiger partial charge in [0.1, 0.15) is 5.82 Å². The Balaban J connectivity index is 1.93. The summed E-state index contributed by atoms with van der Waals surface area (Å²) in [5.74, 6) is -0.777. The van der Waals surface area contributed by atoms with Crippen LogP contribution in [-0.2, 0) is 11.3 Å². The predicted molar refractivity (Wildman–Crippen MR) is 109 cm³/mol. The summed E-state index contributed by atoms with van der Waals surface area (Å²) < 4.78 is 14.0. The van der Waals surface area contributed by atoms with E-state index in [2.05, 4.69) is 24.1 Å². The number of thioether (sulfide) groups is 1. The number of ketones is 1. The number of hydrogen-bond acceptors (Lipinski definition) is 4. The highest BCUT2D eigenvalue weighted by Gasteiger charge is 2.10. The van der Waals surface area contributed by atoms with Gasteiger partial charge in [0.15, 0.2) is 5.78 Å². The molecular formula is C21H25FN2O2S. The van der Waals surface area contributed by atoms with Gasteiger partial charge in [0.05, 0.1) is 5.75 Å². The number of benzene rings is 2. The van der Waals surface area contributed by atoms with Gasteiger partial charge >= 0.3 is 0 Å². The fraction of sp³-hybridized carbons (Fsp3) is 0.333. The fourth-order valence-corrected chi connectivity index (χ4v) is 3.35. The average molecular weight is 389 g/mol. The minimum atomic E-state index is -0.485. The Morgan fingerprint density at radius 2 is 1.85 bits per heavy atom. The zero-order valence-electron chi connectivity index (χ0n) is 15.9. The Bertz CT molecular complexity index is 807. The number of nitrogens with one attached hydrogen (secondary N) is 1. The van der Waals surface area contributed by atoms with Crippen molar-refractivity contribution in [3.63, 3.8) is 0 Å². The number of Topliss-reactive ketones (excluding diaryl/α,β-unsaturated/α-hetero) is 1. The molecule has 1 N–H and O–H groups in total. The molecule has 0 aromatic heterocycles. The summed E-state index contributed by atoms with van der Waals surface area (Å²) in [5, 5.41) is 2.86. The Morgan fingerprint density at radius 3 is 2.48 bits per heavy atom. The molecule has 0 saturated heterocycles. The van der Waals surface area contributed by atoms with Crippen molar-refractivity contribution in [3.8, 4) is 0 Å². The normalized spacial score (nSPS) is 10.9. The standard InChI is InChI=1S/C21H25FN2O2S/c1-4-24(5-2)13-16-7-6-8-18(11-16)23-21(26)14-27-20-10-9-17(15(3)25)12-19(20)22/h6-12H,4-5,13-14H2,1-3H3,(H,23,26). The average Bonchev–Trinajstić information content (AvgIpc) is 2.65. The molecule has 2 aromatic carbocycles. The smallest absolute Gasteiger partial charge is 0.234 e. The molecule has 2 rings (SSSR count). The lowest BCUT2D eigenvalue weighted by Gasteiger charge is -2.18. The van der Waals surface area contributed by atoms with Gasteiger partial charge < -0.3 is 5.32 Å². The number of anilines is 1. The van der Waals surface area contributed by atoms with Crippen molar-refractivity contribution < 1.29 is 14.0 Å². The van der Waals surface area contributed by atoms with Crippen LogP contribution >= 0.6 is 11.8 Å². The zero-order chi connectivity index (χ0) is 19.8. The zero-order valence-corrected chi connectivity index (χ0v) is 16.7. The second-order valence-corrected chi connectivity index (χ2v) is 7.22. The number of nitrogens with zero attached hydrogens (tertiary/aromatic N) is 1. The van der Waals surface area contributed by atoms with Crippen LogP contribution < -0.4 is 5.32 Å². The maximum Gasteiger partial charge on any atom is 0.234 e. The van der Waals surface area contributed by atoms with Gasteiger partial charge in [-0.3, -0.25) is 14.5 Å². The van der Waals surface area contributed by atoms with Crippen LogP contribution in [0.15, 0.2) is 47.4 Å². The van der Waals surface area contributed by atoms with E-state index in [9.17, 15) is 14.0 Å². The highest BCUT2D eigenvalue weighted by atomic mass is 32.2. The second kappa shape index (κ2) is 10.2. The van der Waals surface area contributed by atoms with Crippen LogP contribution in [0.5, 0.6) is 0 Å². The summed E-state index contributed by atoms with van der Waals surface area (Å²) in [6, 6.07) is 12.1. The molecule has 0 aliphatic carbocycles. The number of rotatable bonds is 9. The molecule has 0 saturated carbocycles. The predicted octanol–water partition coefficient (Wildman–Crippen LogP) is 4.60. The van der Waals surface area contributed by atoms with Crippen molar-refractivity contribution in [1.82, 2.24) is 4.90 Å². The molecule has 1 amide bonds. The molecule has 0 aliphatic heterocycles. The molecule has 0 heterocycles. The SMILES string of the molecule is CCN(CC)Cc1cccc(NC(=O)CSc2ccc(C(C)=O)cc2F)c1. The first-order chi connectivity index (χ1) is 12.9. The minimum absolute atomic E-state index is 0.0939. The van der Waals surface area contributed by atoms with Gasteiger partial charge in [-0.1, -0.05) is 32.0 Å². The molecule has 27 heavy (non-hydrogen) atoms. The maximum atomic E-state index is 14.0. The van der Waals surface area contributed by atoms with Crippen LogP contribution in [0.1, 0.15) is 36.7 Å². The maximum absolute atomic E-state index is 14.0. The molecule has 4 nitrogen and oxygen atoms in total. The topological polar surface area (TPSA) is 49.4 Å². The molecule has 0 fully saturated rings. The molecule has 0 atom stereocenters. The van der Waals surface area contributed by atoms with E-state index in [0.29, 0.717) is 10.5 Å². The van der Waals surface area contributed by atoms with Gasteiger partial charge in [0, 0.05) is 22.7 Å². The monoisotopic (exact) mass is 388 g/mol. The lowest BCUT2D eigenvalue weighted by Crippen LogP contribution is -2.22. The van der Waals surface area contributed by atoms with Crippen molar-refractivity contribution in [2.45, 2.75) is 32.2 Å². The van der Waals surface area contributed by atoms with E-state index in [-0.39, 0.29) is 17.4 Å². The largest absolute Gasteiger partial charge is 0.325 e.